The number of sulfone groups is 1. The third-order valence-electron chi connectivity index (χ3n) is 1.65. The van der Waals surface area contributed by atoms with Gasteiger partial charge in [0.25, 0.3) is 0 Å². The van der Waals surface area contributed by atoms with Gasteiger partial charge in [0.2, 0.25) is 0 Å². The molecule has 0 fully saturated rings. The molecule has 1 aromatic rings. The molecule has 1 aromatic carbocycles. The molecule has 0 aromatic heterocycles. The van der Waals surface area contributed by atoms with Gasteiger partial charge in [-0.15, -0.1) is 0 Å². The maximum Gasteiger partial charge on any atom is 0.149 e. The zero-order valence-electron chi connectivity index (χ0n) is 7.83. The van der Waals surface area contributed by atoms with Crippen LogP contribution in [0.3, 0.4) is 0 Å². The number of nitrogens with one attached hydrogen (secondary N) is 1. The van der Waals surface area contributed by atoms with Crippen LogP contribution in [-0.2, 0) is 9.84 Å². The summed E-state index contributed by atoms with van der Waals surface area (Å²) in [4.78, 5) is 0. The van der Waals surface area contributed by atoms with Crippen molar-refractivity contribution in [1.82, 2.24) is 0 Å². The fraction of sp³-hybridized carbons (Fsp3) is 0.333. The van der Waals surface area contributed by atoms with Gasteiger partial charge in [-0.25, -0.2) is 8.42 Å². The summed E-state index contributed by atoms with van der Waals surface area (Å²) in [6.45, 7) is 0.445. The SMILES string of the molecule is CS(=O)(=O)CCNc1ccc(Br)cc1. The Morgan fingerprint density at radius 1 is 1.29 bits per heavy atom. The number of rotatable bonds is 4. The number of hydrogen-bond acceptors (Lipinski definition) is 3. The van der Waals surface area contributed by atoms with Gasteiger partial charge in [0.15, 0.2) is 0 Å². The summed E-state index contributed by atoms with van der Waals surface area (Å²) in [5.74, 6) is 0.156. The van der Waals surface area contributed by atoms with Gasteiger partial charge in [-0.3, -0.25) is 0 Å². The van der Waals surface area contributed by atoms with Crippen LogP contribution in [0.5, 0.6) is 0 Å². The first-order valence-corrected chi connectivity index (χ1v) is 7.00. The van der Waals surface area contributed by atoms with Crippen LogP contribution in [0, 0.1) is 0 Å². The summed E-state index contributed by atoms with van der Waals surface area (Å²) in [6, 6.07) is 7.60. The van der Waals surface area contributed by atoms with E-state index >= 15 is 0 Å². The Morgan fingerprint density at radius 2 is 1.86 bits per heavy atom. The van der Waals surface area contributed by atoms with E-state index in [2.05, 4.69) is 21.2 Å². The Bertz CT molecular complexity index is 386. The van der Waals surface area contributed by atoms with Crippen LogP contribution < -0.4 is 5.32 Å². The molecule has 5 heteroatoms. The molecule has 0 aliphatic rings. The average molecular weight is 278 g/mol. The lowest BCUT2D eigenvalue weighted by molar-refractivity contribution is 0.602. The lowest BCUT2D eigenvalue weighted by Crippen LogP contribution is -2.13. The molecule has 3 nitrogen and oxygen atoms in total. The van der Waals surface area contributed by atoms with E-state index in [1.54, 1.807) is 0 Å². The quantitative estimate of drug-likeness (QED) is 0.915. The van der Waals surface area contributed by atoms with Crippen molar-refractivity contribution in [3.8, 4) is 0 Å². The van der Waals surface area contributed by atoms with Crippen molar-refractivity contribution in [2.45, 2.75) is 0 Å². The standard InChI is InChI=1S/C9H12BrNO2S/c1-14(12,13)7-6-11-9-4-2-8(10)3-5-9/h2-5,11H,6-7H2,1H3. The normalized spacial score (nSPS) is 11.3. The van der Waals surface area contributed by atoms with Gasteiger partial charge < -0.3 is 5.32 Å². The fourth-order valence-corrected chi connectivity index (χ4v) is 1.69. The molecule has 0 amide bonds. The minimum atomic E-state index is -2.87. The van der Waals surface area contributed by atoms with E-state index < -0.39 is 9.84 Å². The van der Waals surface area contributed by atoms with Crippen LogP contribution in [0.4, 0.5) is 5.69 Å². The van der Waals surface area contributed by atoms with Gasteiger partial charge in [0.05, 0.1) is 5.75 Å². The second-order valence-corrected chi connectivity index (χ2v) is 6.24. The molecule has 1 N–H and O–H groups in total. The highest BCUT2D eigenvalue weighted by atomic mass is 79.9. The first kappa shape index (κ1) is 11.5. The average Bonchev–Trinajstić information content (AvgIpc) is 2.06. The predicted molar refractivity (Wildman–Crippen MR) is 62.3 cm³/mol. The van der Waals surface area contributed by atoms with Crippen LogP contribution in [0.15, 0.2) is 28.7 Å². The Balaban J connectivity index is 2.43. The third kappa shape index (κ3) is 4.62. The van der Waals surface area contributed by atoms with Crippen LogP contribution >= 0.6 is 15.9 Å². The van der Waals surface area contributed by atoms with Crippen molar-refractivity contribution in [2.75, 3.05) is 23.9 Å². The van der Waals surface area contributed by atoms with E-state index in [1.807, 2.05) is 24.3 Å². The second-order valence-electron chi connectivity index (χ2n) is 3.06. The molecule has 0 unspecified atom stereocenters. The molecule has 0 saturated carbocycles. The summed E-state index contributed by atoms with van der Waals surface area (Å²) in [6.07, 6.45) is 1.23. The maximum absolute atomic E-state index is 10.8. The van der Waals surface area contributed by atoms with E-state index in [0.29, 0.717) is 6.54 Å². The van der Waals surface area contributed by atoms with E-state index in [0.717, 1.165) is 10.2 Å². The second kappa shape index (κ2) is 4.79. The first-order valence-electron chi connectivity index (χ1n) is 4.14. The van der Waals surface area contributed by atoms with Gasteiger partial charge in [-0.2, -0.15) is 0 Å². The molecule has 0 saturated heterocycles. The van der Waals surface area contributed by atoms with Crippen molar-refractivity contribution >= 4 is 31.5 Å². The highest BCUT2D eigenvalue weighted by Gasteiger charge is 2.00. The number of benzene rings is 1. The zero-order chi connectivity index (χ0) is 10.6. The molecule has 14 heavy (non-hydrogen) atoms. The molecule has 1 rings (SSSR count). The van der Waals surface area contributed by atoms with E-state index in [-0.39, 0.29) is 5.75 Å². The molecular formula is C9H12BrNO2S. The highest BCUT2D eigenvalue weighted by molar-refractivity contribution is 9.10. The minimum Gasteiger partial charge on any atom is -0.384 e. The van der Waals surface area contributed by atoms with Crippen molar-refractivity contribution < 1.29 is 8.42 Å². The molecule has 0 spiro atoms. The van der Waals surface area contributed by atoms with Gasteiger partial charge in [-0.1, -0.05) is 15.9 Å². The highest BCUT2D eigenvalue weighted by Crippen LogP contribution is 2.13. The van der Waals surface area contributed by atoms with Gasteiger partial charge >= 0.3 is 0 Å². The van der Waals surface area contributed by atoms with Crippen molar-refractivity contribution in [1.29, 1.82) is 0 Å². The molecule has 0 heterocycles. The summed E-state index contributed by atoms with van der Waals surface area (Å²) in [7, 11) is -2.87. The van der Waals surface area contributed by atoms with Gasteiger partial charge in [-0.05, 0) is 24.3 Å². The summed E-state index contributed by atoms with van der Waals surface area (Å²) < 4.78 is 22.7. The van der Waals surface area contributed by atoms with E-state index in [9.17, 15) is 8.42 Å². The molecule has 0 aliphatic heterocycles. The molecular weight excluding hydrogens is 266 g/mol. The van der Waals surface area contributed by atoms with E-state index in [4.69, 9.17) is 0 Å². The first-order chi connectivity index (χ1) is 6.47. The summed E-state index contributed by atoms with van der Waals surface area (Å²) >= 11 is 3.32. The van der Waals surface area contributed by atoms with Crippen molar-refractivity contribution in [2.24, 2.45) is 0 Å². The number of anilines is 1. The monoisotopic (exact) mass is 277 g/mol. The maximum atomic E-state index is 10.8. The molecule has 78 valence electrons. The van der Waals surface area contributed by atoms with Crippen LogP contribution in [0.2, 0.25) is 0 Å². The molecule has 0 radical (unpaired) electrons. The summed E-state index contributed by atoms with van der Waals surface area (Å²) in [5.41, 5.74) is 0.928. The lowest BCUT2D eigenvalue weighted by Gasteiger charge is -2.04. The van der Waals surface area contributed by atoms with Gasteiger partial charge in [0.1, 0.15) is 9.84 Å². The molecule has 0 atom stereocenters. The van der Waals surface area contributed by atoms with Crippen LogP contribution in [0.25, 0.3) is 0 Å². The molecule has 0 bridgehead atoms. The Hall–Kier alpha value is -0.550. The Labute approximate surface area is 92.6 Å². The van der Waals surface area contributed by atoms with Crippen molar-refractivity contribution in [3.63, 3.8) is 0 Å². The smallest absolute Gasteiger partial charge is 0.149 e. The molecule has 0 aliphatic carbocycles. The Morgan fingerprint density at radius 3 is 2.36 bits per heavy atom. The Kier molecular flexibility index (Phi) is 3.95. The number of hydrogen-bond donors (Lipinski definition) is 1. The lowest BCUT2D eigenvalue weighted by atomic mass is 10.3. The van der Waals surface area contributed by atoms with Crippen LogP contribution in [0.1, 0.15) is 0 Å². The van der Waals surface area contributed by atoms with Crippen molar-refractivity contribution in [3.05, 3.63) is 28.7 Å². The van der Waals surface area contributed by atoms with Gasteiger partial charge in [0, 0.05) is 23.0 Å². The zero-order valence-corrected chi connectivity index (χ0v) is 10.2. The largest absolute Gasteiger partial charge is 0.384 e. The van der Waals surface area contributed by atoms with Crippen LogP contribution in [-0.4, -0.2) is 27.0 Å². The minimum absolute atomic E-state index is 0.156. The topological polar surface area (TPSA) is 46.2 Å². The third-order valence-corrected chi connectivity index (χ3v) is 3.12. The number of halogens is 1. The summed E-state index contributed by atoms with van der Waals surface area (Å²) in [5, 5.41) is 3.03. The van der Waals surface area contributed by atoms with E-state index in [1.165, 1.54) is 6.26 Å². The predicted octanol–water partition coefficient (Wildman–Crippen LogP) is 1.91. The fourth-order valence-electron chi connectivity index (χ4n) is 0.949.